The molecular weight excluding hydrogens is 354 g/mol. The Morgan fingerprint density at radius 3 is 2.50 bits per heavy atom. The van der Waals surface area contributed by atoms with Crippen molar-refractivity contribution < 1.29 is 0 Å². The quantitative estimate of drug-likeness (QED) is 0.562. The molecule has 1 N–H and O–H groups in total. The number of hydrogen-bond acceptors (Lipinski definition) is 1. The number of nitrogens with one attached hydrogen (secondary N) is 1. The highest BCUT2D eigenvalue weighted by molar-refractivity contribution is 9.11. The first-order valence-corrected chi connectivity index (χ1v) is 8.46. The maximum atomic E-state index is 3.68. The maximum absolute atomic E-state index is 3.68. The third-order valence-electron chi connectivity index (χ3n) is 3.08. The zero-order valence-electron chi connectivity index (χ0n) is 11.3. The normalized spacial score (nSPS) is 12.7. The summed E-state index contributed by atoms with van der Waals surface area (Å²) in [6.45, 7) is 5.55. The van der Waals surface area contributed by atoms with Gasteiger partial charge in [0.25, 0.3) is 0 Å². The molecule has 0 amide bonds. The highest BCUT2D eigenvalue weighted by Gasteiger charge is 2.13. The van der Waals surface area contributed by atoms with Crippen LogP contribution in [0.1, 0.15) is 57.6 Å². The summed E-state index contributed by atoms with van der Waals surface area (Å²) in [5.41, 5.74) is 1.38. The van der Waals surface area contributed by atoms with E-state index in [4.69, 9.17) is 0 Å². The molecule has 1 nitrogen and oxygen atoms in total. The van der Waals surface area contributed by atoms with E-state index in [1.807, 2.05) is 0 Å². The van der Waals surface area contributed by atoms with Gasteiger partial charge < -0.3 is 5.32 Å². The van der Waals surface area contributed by atoms with Crippen LogP contribution in [-0.4, -0.2) is 6.54 Å². The monoisotopic (exact) mass is 375 g/mol. The van der Waals surface area contributed by atoms with Crippen molar-refractivity contribution in [3.05, 3.63) is 32.7 Å². The number of benzene rings is 1. The molecule has 1 unspecified atom stereocenters. The second-order valence-electron chi connectivity index (χ2n) is 4.67. The molecule has 3 heteroatoms. The molecule has 1 aromatic rings. The fourth-order valence-electron chi connectivity index (χ4n) is 2.07. The molecular formula is C15H23Br2N. The summed E-state index contributed by atoms with van der Waals surface area (Å²) in [6, 6.07) is 6.95. The fraction of sp³-hybridized carbons (Fsp3) is 0.600. The molecule has 0 heterocycles. The summed E-state index contributed by atoms with van der Waals surface area (Å²) in [5.74, 6) is 0. The lowest BCUT2D eigenvalue weighted by molar-refractivity contribution is 0.473. The first kappa shape index (κ1) is 16.2. The minimum absolute atomic E-state index is 0.471. The molecule has 0 fully saturated rings. The Kier molecular flexibility index (Phi) is 8.20. The predicted molar refractivity (Wildman–Crippen MR) is 87.0 cm³/mol. The fourth-order valence-corrected chi connectivity index (χ4v) is 3.39. The number of hydrogen-bond donors (Lipinski definition) is 1. The van der Waals surface area contributed by atoms with Crippen LogP contribution in [0, 0.1) is 0 Å². The lowest BCUT2D eigenvalue weighted by Gasteiger charge is -2.20. The first-order valence-electron chi connectivity index (χ1n) is 6.87. The molecule has 0 saturated heterocycles. The van der Waals surface area contributed by atoms with Gasteiger partial charge in [0.15, 0.2) is 0 Å². The van der Waals surface area contributed by atoms with Crippen LogP contribution in [0.3, 0.4) is 0 Å². The zero-order valence-corrected chi connectivity index (χ0v) is 14.5. The van der Waals surface area contributed by atoms with Crippen molar-refractivity contribution >= 4 is 31.9 Å². The standard InChI is InChI=1S/C15H23Br2N/c1-3-5-6-7-15(18-10-4-2)13-9-8-12(16)11-14(13)17/h8-9,11,15,18H,3-7,10H2,1-2H3. The minimum atomic E-state index is 0.471. The molecule has 18 heavy (non-hydrogen) atoms. The molecule has 0 radical (unpaired) electrons. The molecule has 1 rings (SSSR count). The van der Waals surface area contributed by atoms with Crippen LogP contribution in [0.25, 0.3) is 0 Å². The van der Waals surface area contributed by atoms with E-state index in [1.165, 1.54) is 42.1 Å². The van der Waals surface area contributed by atoms with E-state index in [9.17, 15) is 0 Å². The summed E-state index contributed by atoms with van der Waals surface area (Å²) in [5, 5.41) is 3.66. The van der Waals surface area contributed by atoms with Gasteiger partial charge in [-0.15, -0.1) is 0 Å². The second-order valence-corrected chi connectivity index (χ2v) is 6.44. The molecule has 1 atom stereocenters. The van der Waals surface area contributed by atoms with Crippen molar-refractivity contribution in [1.82, 2.24) is 5.32 Å². The van der Waals surface area contributed by atoms with E-state index < -0.39 is 0 Å². The first-order chi connectivity index (χ1) is 8.69. The van der Waals surface area contributed by atoms with Gasteiger partial charge in [-0.1, -0.05) is 71.0 Å². The molecule has 102 valence electrons. The number of unbranched alkanes of at least 4 members (excludes halogenated alkanes) is 2. The molecule has 0 bridgehead atoms. The van der Waals surface area contributed by atoms with Crippen molar-refractivity contribution in [2.45, 2.75) is 52.0 Å². The average molecular weight is 377 g/mol. The Hall–Kier alpha value is 0.140. The maximum Gasteiger partial charge on any atom is 0.0331 e. The molecule has 0 spiro atoms. The molecule has 1 aromatic carbocycles. The summed E-state index contributed by atoms with van der Waals surface area (Å²) in [6.07, 6.45) is 6.29. The van der Waals surface area contributed by atoms with Crippen molar-refractivity contribution in [3.8, 4) is 0 Å². The Bertz CT molecular complexity index is 352. The summed E-state index contributed by atoms with van der Waals surface area (Å²) < 4.78 is 2.32. The minimum Gasteiger partial charge on any atom is -0.310 e. The van der Waals surface area contributed by atoms with E-state index in [-0.39, 0.29) is 0 Å². The van der Waals surface area contributed by atoms with Crippen molar-refractivity contribution in [3.63, 3.8) is 0 Å². The molecule has 0 aliphatic carbocycles. The lowest BCUT2D eigenvalue weighted by atomic mass is 10.0. The van der Waals surface area contributed by atoms with Gasteiger partial charge in [-0.2, -0.15) is 0 Å². The van der Waals surface area contributed by atoms with Gasteiger partial charge in [0.2, 0.25) is 0 Å². The Balaban J connectivity index is 2.73. The average Bonchev–Trinajstić information content (AvgIpc) is 2.34. The van der Waals surface area contributed by atoms with Gasteiger partial charge in [0.05, 0.1) is 0 Å². The third-order valence-corrected chi connectivity index (χ3v) is 4.26. The third kappa shape index (κ3) is 5.41. The van der Waals surface area contributed by atoms with Gasteiger partial charge >= 0.3 is 0 Å². The predicted octanol–water partition coefficient (Wildman–Crippen LogP) is 5.83. The number of halogens is 2. The van der Waals surface area contributed by atoms with Gasteiger partial charge in [0, 0.05) is 15.0 Å². The highest BCUT2D eigenvalue weighted by Crippen LogP contribution is 2.29. The van der Waals surface area contributed by atoms with Crippen molar-refractivity contribution in [2.24, 2.45) is 0 Å². The SMILES string of the molecule is CCCCCC(NCCC)c1ccc(Br)cc1Br. The van der Waals surface area contributed by atoms with Gasteiger partial charge in [0.1, 0.15) is 0 Å². The molecule has 0 aliphatic rings. The van der Waals surface area contributed by atoms with Crippen LogP contribution < -0.4 is 5.32 Å². The van der Waals surface area contributed by atoms with Crippen molar-refractivity contribution in [2.75, 3.05) is 6.54 Å². The van der Waals surface area contributed by atoms with E-state index in [0.29, 0.717) is 6.04 Å². The Morgan fingerprint density at radius 2 is 1.89 bits per heavy atom. The topological polar surface area (TPSA) is 12.0 Å². The lowest BCUT2D eigenvalue weighted by Crippen LogP contribution is -2.22. The Labute approximate surface area is 128 Å². The van der Waals surface area contributed by atoms with Gasteiger partial charge in [-0.05, 0) is 37.1 Å². The molecule has 0 saturated carbocycles. The van der Waals surface area contributed by atoms with E-state index in [2.05, 4.69) is 69.2 Å². The van der Waals surface area contributed by atoms with Crippen LogP contribution in [0.2, 0.25) is 0 Å². The Morgan fingerprint density at radius 1 is 1.11 bits per heavy atom. The largest absolute Gasteiger partial charge is 0.310 e. The van der Waals surface area contributed by atoms with Crippen LogP contribution in [0.4, 0.5) is 0 Å². The van der Waals surface area contributed by atoms with Crippen LogP contribution in [-0.2, 0) is 0 Å². The van der Waals surface area contributed by atoms with E-state index in [0.717, 1.165) is 11.0 Å². The second kappa shape index (κ2) is 9.11. The van der Waals surface area contributed by atoms with Gasteiger partial charge in [-0.3, -0.25) is 0 Å². The van der Waals surface area contributed by atoms with Crippen molar-refractivity contribution in [1.29, 1.82) is 0 Å². The smallest absolute Gasteiger partial charge is 0.0331 e. The van der Waals surface area contributed by atoms with Crippen LogP contribution in [0.5, 0.6) is 0 Å². The highest BCUT2D eigenvalue weighted by atomic mass is 79.9. The van der Waals surface area contributed by atoms with Gasteiger partial charge in [-0.25, -0.2) is 0 Å². The van der Waals surface area contributed by atoms with Crippen LogP contribution >= 0.6 is 31.9 Å². The van der Waals surface area contributed by atoms with E-state index in [1.54, 1.807) is 0 Å². The van der Waals surface area contributed by atoms with Crippen LogP contribution in [0.15, 0.2) is 27.1 Å². The number of rotatable bonds is 8. The van der Waals surface area contributed by atoms with E-state index >= 15 is 0 Å². The summed E-state index contributed by atoms with van der Waals surface area (Å²) in [4.78, 5) is 0. The molecule has 0 aromatic heterocycles. The zero-order chi connectivity index (χ0) is 13.4. The summed E-state index contributed by atoms with van der Waals surface area (Å²) >= 11 is 7.19. The summed E-state index contributed by atoms with van der Waals surface area (Å²) in [7, 11) is 0. The molecule has 0 aliphatic heterocycles.